The van der Waals surface area contributed by atoms with Gasteiger partial charge >= 0.3 is 6.18 Å². The van der Waals surface area contributed by atoms with Gasteiger partial charge in [-0.15, -0.1) is 0 Å². The van der Waals surface area contributed by atoms with Gasteiger partial charge in [-0.3, -0.25) is 9.69 Å². The number of nitrogens with two attached hydrogens (primary N) is 2. The van der Waals surface area contributed by atoms with Crippen LogP contribution >= 0.6 is 0 Å². The summed E-state index contributed by atoms with van der Waals surface area (Å²) in [6.07, 6.45) is 1.27. The molecule has 0 aromatic heterocycles. The first kappa shape index (κ1) is 33.6. The molecule has 0 bridgehead atoms. The van der Waals surface area contributed by atoms with Crippen LogP contribution in [0.25, 0.3) is 0 Å². The average molecular weight is 683 g/mol. The van der Waals surface area contributed by atoms with E-state index >= 15 is 13.2 Å². The lowest BCUT2D eigenvalue weighted by Gasteiger charge is -2.46. The lowest BCUT2D eigenvalue weighted by atomic mass is 9.67. The van der Waals surface area contributed by atoms with Crippen LogP contribution in [0.15, 0.2) is 5.16 Å². The Kier molecular flexibility index (Phi) is 8.41. The highest BCUT2D eigenvalue weighted by Crippen LogP contribution is 2.96. The van der Waals surface area contributed by atoms with Crippen LogP contribution in [0.4, 0.5) is 13.2 Å². The molecule has 5 saturated carbocycles. The molecule has 2 spiro atoms. The molecule has 1 amide bonds. The second-order valence-corrected chi connectivity index (χ2v) is 16.0. The minimum atomic E-state index is -4.48. The molecule has 2 saturated heterocycles. The van der Waals surface area contributed by atoms with Crippen LogP contribution in [0.1, 0.15) is 64.7 Å². The van der Waals surface area contributed by atoms with Crippen LogP contribution in [-0.4, -0.2) is 118 Å². The summed E-state index contributed by atoms with van der Waals surface area (Å²) in [5, 5.41) is 11.4. The average Bonchev–Trinajstić information content (AvgIpc) is 3.64. The molecule has 48 heavy (non-hydrogen) atoms. The Morgan fingerprint density at radius 3 is 2.65 bits per heavy atom. The van der Waals surface area contributed by atoms with E-state index in [9.17, 15) is 4.79 Å². The zero-order valence-electron chi connectivity index (χ0n) is 28.1. The fourth-order valence-corrected chi connectivity index (χ4v) is 13.3. The van der Waals surface area contributed by atoms with Crippen LogP contribution in [-0.2, 0) is 23.8 Å². The fraction of sp³-hybridized carbons (Fsp3) is 0.941. The first-order valence-electron chi connectivity index (χ1n) is 18.3. The van der Waals surface area contributed by atoms with Gasteiger partial charge in [0.05, 0.1) is 38.2 Å². The van der Waals surface area contributed by atoms with Crippen LogP contribution in [0, 0.1) is 34.0 Å². The maximum absolute atomic E-state index is 16.2. The quantitative estimate of drug-likeness (QED) is 0.326. The van der Waals surface area contributed by atoms with Gasteiger partial charge in [0.1, 0.15) is 19.3 Å². The number of hydrogen-bond donors (Lipinski definition) is 4. The molecular weight excluding hydrogens is 629 g/mol. The number of fused-ring (bicyclic) bond motifs is 3. The van der Waals surface area contributed by atoms with Gasteiger partial charge in [-0.25, -0.2) is 0 Å². The van der Waals surface area contributed by atoms with E-state index in [0.29, 0.717) is 58.8 Å². The van der Waals surface area contributed by atoms with Gasteiger partial charge < -0.3 is 41.1 Å². The van der Waals surface area contributed by atoms with Crippen molar-refractivity contribution in [1.29, 1.82) is 0 Å². The van der Waals surface area contributed by atoms with E-state index in [1.165, 1.54) is 0 Å². The molecule has 0 aromatic rings. The van der Waals surface area contributed by atoms with E-state index in [4.69, 9.17) is 30.5 Å². The Hall–Kier alpha value is -1.55. The first-order chi connectivity index (χ1) is 23.1. The zero-order chi connectivity index (χ0) is 33.5. The maximum atomic E-state index is 16.2. The highest BCUT2D eigenvalue weighted by atomic mass is 19.4. The van der Waals surface area contributed by atoms with Gasteiger partial charge in [-0.05, 0) is 76.7 Å². The topological polar surface area (TPSA) is 146 Å². The van der Waals surface area contributed by atoms with Gasteiger partial charge in [0, 0.05) is 58.9 Å². The molecule has 14 heteroatoms. The second kappa shape index (κ2) is 12.0. The maximum Gasteiger partial charge on any atom is 0.404 e. The predicted octanol–water partition coefficient (Wildman–Crippen LogP) is 1.93. The molecule has 0 radical (unpaired) electrons. The summed E-state index contributed by atoms with van der Waals surface area (Å²) in [7, 11) is 0. The van der Waals surface area contributed by atoms with Gasteiger partial charge in [0.25, 0.3) is 0 Å². The second-order valence-electron chi connectivity index (χ2n) is 16.0. The van der Waals surface area contributed by atoms with Crippen molar-refractivity contribution < 1.29 is 37.0 Å². The standard InChI is InChI=1S/C34H53F3N6O5/c1-20-23-5-7-30-19-32(23,30)33-26(16-38)31(33,8-6-27(33)47-18-28(44)40-9-10-45-11-12-46-13-14-48-42-20)29(34(35,36)37)43-21(17-41-30)15-22-24(39)3-2-4-25(22)43/h21-27,29,41H,2-19,38-39H2,1H3,(H,40,44)/b42-20+/t21?,22?,23?,24?,25?,26?,27?,29-,30?,31+,32-,33+/m1/s1. The number of hydrogen-bond acceptors (Lipinski definition) is 10. The summed E-state index contributed by atoms with van der Waals surface area (Å²) in [6.45, 7) is 4.37. The Morgan fingerprint density at radius 2 is 1.85 bits per heavy atom. The summed E-state index contributed by atoms with van der Waals surface area (Å²) in [5.74, 6) is -0.774. The molecule has 0 aromatic carbocycles. The molecule has 8 aliphatic rings. The number of nitrogens with zero attached hydrogens (tertiary/aromatic N) is 2. The van der Waals surface area contributed by atoms with Crippen molar-refractivity contribution in [3.63, 3.8) is 0 Å². The fourth-order valence-electron chi connectivity index (χ4n) is 13.3. The highest BCUT2D eigenvalue weighted by Gasteiger charge is 2.99. The van der Waals surface area contributed by atoms with Gasteiger partial charge in [-0.2, -0.15) is 13.2 Å². The third kappa shape index (κ3) is 4.51. The SMILES string of the molecule is C/C1=N\OCCOCCOCCNC(=O)COC2CC[C@@]34C(CN)[C@]23[C@@]23CC2(CCC13)NCC1CC2C(N)CCCC2N1[C@H]4C(F)(F)F. The number of amides is 1. The Balaban J connectivity index is 1.26. The predicted molar refractivity (Wildman–Crippen MR) is 170 cm³/mol. The summed E-state index contributed by atoms with van der Waals surface area (Å²) in [4.78, 5) is 20.7. The molecule has 7 fully saturated rings. The van der Waals surface area contributed by atoms with Crippen molar-refractivity contribution in [1.82, 2.24) is 15.5 Å². The van der Waals surface area contributed by atoms with Crippen LogP contribution in [0.3, 0.4) is 0 Å². The Labute approximate surface area is 280 Å². The summed E-state index contributed by atoms with van der Waals surface area (Å²) in [6, 6.07) is -2.24. The molecule has 12 atom stereocenters. The molecule has 11 nitrogen and oxygen atoms in total. The molecule has 5 aliphatic carbocycles. The van der Waals surface area contributed by atoms with E-state index in [-0.39, 0.29) is 61.2 Å². The Bertz CT molecular complexity index is 1290. The highest BCUT2D eigenvalue weighted by molar-refractivity contribution is 5.87. The monoisotopic (exact) mass is 682 g/mol. The van der Waals surface area contributed by atoms with E-state index in [1.807, 2.05) is 11.8 Å². The molecule has 6 N–H and O–H groups in total. The minimum absolute atomic E-state index is 0.0427. The number of nitrogens with one attached hydrogen (secondary N) is 2. The van der Waals surface area contributed by atoms with Gasteiger partial charge in [-0.1, -0.05) is 11.6 Å². The largest absolute Gasteiger partial charge is 0.404 e. The number of oxime groups is 1. The van der Waals surface area contributed by atoms with Crippen molar-refractivity contribution in [3.05, 3.63) is 0 Å². The van der Waals surface area contributed by atoms with E-state index < -0.39 is 40.5 Å². The molecule has 8 unspecified atom stereocenters. The number of halogens is 3. The first-order valence-corrected chi connectivity index (χ1v) is 18.3. The lowest BCUT2D eigenvalue weighted by Crippen LogP contribution is -2.60. The van der Waals surface area contributed by atoms with Crippen molar-refractivity contribution >= 4 is 11.6 Å². The van der Waals surface area contributed by atoms with E-state index in [0.717, 1.165) is 44.2 Å². The van der Waals surface area contributed by atoms with Crippen LogP contribution in [0.5, 0.6) is 0 Å². The summed E-state index contributed by atoms with van der Waals surface area (Å²) in [5.41, 5.74) is 11.2. The third-order valence-electron chi connectivity index (χ3n) is 14.5. The number of ether oxygens (including phenoxy) is 3. The molecule has 270 valence electrons. The smallest absolute Gasteiger partial charge is 0.393 e. The van der Waals surface area contributed by atoms with Gasteiger partial charge in [0.15, 0.2) is 0 Å². The number of carbonyl (C=O) groups excluding carboxylic acids is 1. The number of rotatable bonds is 1. The molecular formula is C34H53F3N6O5. The summed E-state index contributed by atoms with van der Waals surface area (Å²) < 4.78 is 66.3. The van der Waals surface area contributed by atoms with Crippen molar-refractivity contribution in [2.45, 2.75) is 107 Å². The third-order valence-corrected chi connectivity index (χ3v) is 14.5. The number of carbonyl (C=O) groups is 1. The minimum Gasteiger partial charge on any atom is -0.393 e. The van der Waals surface area contributed by atoms with Crippen molar-refractivity contribution in [2.75, 3.05) is 59.3 Å². The van der Waals surface area contributed by atoms with Crippen LogP contribution < -0.4 is 22.1 Å². The van der Waals surface area contributed by atoms with E-state index in [1.54, 1.807) is 0 Å². The summed E-state index contributed by atoms with van der Waals surface area (Å²) >= 11 is 0. The number of alkyl halides is 3. The molecule has 3 heterocycles. The van der Waals surface area contributed by atoms with Crippen molar-refractivity contribution in [3.8, 4) is 0 Å². The lowest BCUT2D eigenvalue weighted by molar-refractivity contribution is -0.218. The molecule has 3 aliphatic heterocycles. The Morgan fingerprint density at radius 1 is 1.06 bits per heavy atom. The normalized spacial score (nSPS) is 50.9. The zero-order valence-corrected chi connectivity index (χ0v) is 28.1. The van der Waals surface area contributed by atoms with Crippen LogP contribution in [0.2, 0.25) is 0 Å². The van der Waals surface area contributed by atoms with Crippen molar-refractivity contribution in [2.24, 2.45) is 50.6 Å². The van der Waals surface area contributed by atoms with E-state index in [2.05, 4.69) is 15.8 Å². The molecule has 8 rings (SSSR count). The van der Waals surface area contributed by atoms with Gasteiger partial charge in [0.2, 0.25) is 5.91 Å².